The topological polar surface area (TPSA) is 58.4 Å². The van der Waals surface area contributed by atoms with E-state index in [1.54, 1.807) is 0 Å². The highest BCUT2D eigenvalue weighted by molar-refractivity contribution is 5.91. The zero-order chi connectivity index (χ0) is 20.2. The molecule has 0 aliphatic carbocycles. The Morgan fingerprint density at radius 3 is 2.76 bits per heavy atom. The van der Waals surface area contributed by atoms with Gasteiger partial charge in [0.05, 0.1) is 5.69 Å². The Kier molecular flexibility index (Phi) is 5.65. The van der Waals surface area contributed by atoms with Crippen molar-refractivity contribution in [1.82, 2.24) is 5.16 Å². The third-order valence-corrected chi connectivity index (χ3v) is 5.58. The van der Waals surface area contributed by atoms with Crippen LogP contribution in [0.1, 0.15) is 41.0 Å². The van der Waals surface area contributed by atoms with Crippen LogP contribution >= 0.6 is 0 Å². The molecule has 5 nitrogen and oxygen atoms in total. The standard InChI is InChI=1S/C24H27N3O2/c1-17-22(18(2)29-26-17)11-13-24(28)25-21-10-12-23-20(15-21)9-6-14-27(23)16-19-7-4-3-5-8-19/h3-5,7-8,10,12,15H,6,9,11,13-14,16H2,1-2H3,(H,25,28). The Bertz CT molecular complexity index is 975. The van der Waals surface area contributed by atoms with Gasteiger partial charge in [-0.15, -0.1) is 0 Å². The van der Waals surface area contributed by atoms with Crippen molar-refractivity contribution in [2.24, 2.45) is 0 Å². The molecule has 0 saturated carbocycles. The summed E-state index contributed by atoms with van der Waals surface area (Å²) < 4.78 is 5.17. The van der Waals surface area contributed by atoms with Gasteiger partial charge in [-0.25, -0.2) is 0 Å². The second-order valence-electron chi connectivity index (χ2n) is 7.71. The largest absolute Gasteiger partial charge is 0.367 e. The number of amides is 1. The molecule has 0 atom stereocenters. The van der Waals surface area contributed by atoms with Crippen LogP contribution in [0.4, 0.5) is 11.4 Å². The predicted octanol–water partition coefficient (Wildman–Crippen LogP) is 4.82. The number of hydrogen-bond donors (Lipinski definition) is 1. The van der Waals surface area contributed by atoms with Crippen LogP contribution in [0.25, 0.3) is 0 Å². The molecule has 2 heterocycles. The minimum absolute atomic E-state index is 0.0156. The zero-order valence-corrected chi connectivity index (χ0v) is 17.1. The maximum Gasteiger partial charge on any atom is 0.224 e. The van der Waals surface area contributed by atoms with E-state index in [0.717, 1.165) is 48.6 Å². The molecule has 1 aliphatic heterocycles. The SMILES string of the molecule is Cc1noc(C)c1CCC(=O)Nc1ccc2c(c1)CCCN2Cc1ccccc1. The lowest BCUT2D eigenvalue weighted by molar-refractivity contribution is -0.116. The van der Waals surface area contributed by atoms with Crippen LogP contribution < -0.4 is 10.2 Å². The van der Waals surface area contributed by atoms with Crippen LogP contribution in [0.2, 0.25) is 0 Å². The van der Waals surface area contributed by atoms with Gasteiger partial charge < -0.3 is 14.7 Å². The van der Waals surface area contributed by atoms with E-state index in [9.17, 15) is 4.79 Å². The van der Waals surface area contributed by atoms with Crippen molar-refractivity contribution in [3.63, 3.8) is 0 Å². The van der Waals surface area contributed by atoms with Crippen molar-refractivity contribution in [1.29, 1.82) is 0 Å². The van der Waals surface area contributed by atoms with Crippen LogP contribution in [0, 0.1) is 13.8 Å². The van der Waals surface area contributed by atoms with E-state index < -0.39 is 0 Å². The van der Waals surface area contributed by atoms with E-state index in [-0.39, 0.29) is 5.91 Å². The number of aromatic nitrogens is 1. The number of nitrogens with zero attached hydrogens (tertiary/aromatic N) is 2. The lowest BCUT2D eigenvalue weighted by Crippen LogP contribution is -2.28. The minimum Gasteiger partial charge on any atom is -0.367 e. The fraction of sp³-hybridized carbons (Fsp3) is 0.333. The van der Waals surface area contributed by atoms with Crippen molar-refractivity contribution in [2.75, 3.05) is 16.8 Å². The highest BCUT2D eigenvalue weighted by Gasteiger charge is 2.18. The van der Waals surface area contributed by atoms with Gasteiger partial charge in [-0.3, -0.25) is 4.79 Å². The maximum absolute atomic E-state index is 12.4. The molecule has 1 amide bonds. The fourth-order valence-electron chi connectivity index (χ4n) is 4.04. The summed E-state index contributed by atoms with van der Waals surface area (Å²) in [6.07, 6.45) is 3.23. The summed E-state index contributed by atoms with van der Waals surface area (Å²) >= 11 is 0. The predicted molar refractivity (Wildman–Crippen MR) is 115 cm³/mol. The normalized spacial score (nSPS) is 13.2. The number of aryl methyl sites for hydroxylation is 3. The first kappa shape index (κ1) is 19.2. The van der Waals surface area contributed by atoms with E-state index in [1.807, 2.05) is 26.0 Å². The van der Waals surface area contributed by atoms with Gasteiger partial charge in [-0.1, -0.05) is 35.5 Å². The average Bonchev–Trinajstić information content (AvgIpc) is 3.05. The van der Waals surface area contributed by atoms with E-state index in [2.05, 4.69) is 51.8 Å². The number of nitrogens with one attached hydrogen (secondary N) is 1. The molecule has 5 heteroatoms. The number of carbonyl (C=O) groups excluding carboxylic acids is 1. The molecule has 0 saturated heterocycles. The van der Waals surface area contributed by atoms with Gasteiger partial charge in [0, 0.05) is 36.4 Å². The summed E-state index contributed by atoms with van der Waals surface area (Å²) in [6.45, 7) is 5.77. The molecule has 29 heavy (non-hydrogen) atoms. The smallest absolute Gasteiger partial charge is 0.224 e. The van der Waals surface area contributed by atoms with E-state index in [4.69, 9.17) is 4.52 Å². The van der Waals surface area contributed by atoms with E-state index in [1.165, 1.54) is 16.8 Å². The second-order valence-corrected chi connectivity index (χ2v) is 7.71. The van der Waals surface area contributed by atoms with Crippen LogP contribution in [0.15, 0.2) is 53.1 Å². The first-order chi connectivity index (χ1) is 14.1. The average molecular weight is 389 g/mol. The van der Waals surface area contributed by atoms with Gasteiger partial charge in [0.1, 0.15) is 5.76 Å². The van der Waals surface area contributed by atoms with Crippen molar-refractivity contribution in [3.8, 4) is 0 Å². The molecule has 0 radical (unpaired) electrons. The third kappa shape index (κ3) is 4.50. The molecular formula is C24H27N3O2. The van der Waals surface area contributed by atoms with Gasteiger partial charge >= 0.3 is 0 Å². The second kappa shape index (κ2) is 8.52. The molecular weight excluding hydrogens is 362 g/mol. The monoisotopic (exact) mass is 389 g/mol. The van der Waals surface area contributed by atoms with Crippen LogP contribution in [0.5, 0.6) is 0 Å². The highest BCUT2D eigenvalue weighted by Crippen LogP contribution is 2.31. The summed E-state index contributed by atoms with van der Waals surface area (Å²) in [7, 11) is 0. The quantitative estimate of drug-likeness (QED) is 0.657. The van der Waals surface area contributed by atoms with Gasteiger partial charge in [0.15, 0.2) is 0 Å². The number of fused-ring (bicyclic) bond motifs is 1. The maximum atomic E-state index is 12.4. The van der Waals surface area contributed by atoms with Crippen molar-refractivity contribution in [2.45, 2.75) is 46.1 Å². The summed E-state index contributed by atoms with van der Waals surface area (Å²) in [5.74, 6) is 0.810. The van der Waals surface area contributed by atoms with Crippen molar-refractivity contribution < 1.29 is 9.32 Å². The van der Waals surface area contributed by atoms with Gasteiger partial charge in [-0.2, -0.15) is 0 Å². The van der Waals surface area contributed by atoms with Gasteiger partial charge in [0.25, 0.3) is 0 Å². The summed E-state index contributed by atoms with van der Waals surface area (Å²) in [6, 6.07) is 16.8. The van der Waals surface area contributed by atoms with Crippen molar-refractivity contribution >= 4 is 17.3 Å². The number of carbonyl (C=O) groups is 1. The zero-order valence-electron chi connectivity index (χ0n) is 17.1. The summed E-state index contributed by atoms with van der Waals surface area (Å²) in [5.41, 5.74) is 6.65. The molecule has 150 valence electrons. The Morgan fingerprint density at radius 1 is 1.17 bits per heavy atom. The Morgan fingerprint density at radius 2 is 2.00 bits per heavy atom. The third-order valence-electron chi connectivity index (χ3n) is 5.58. The summed E-state index contributed by atoms with van der Waals surface area (Å²) in [5, 5.41) is 7.00. The molecule has 1 aliphatic rings. The Hall–Kier alpha value is -3.08. The van der Waals surface area contributed by atoms with Crippen LogP contribution in [-0.4, -0.2) is 17.6 Å². The highest BCUT2D eigenvalue weighted by atomic mass is 16.5. The number of benzene rings is 2. The molecule has 0 fully saturated rings. The number of anilines is 2. The van der Waals surface area contributed by atoms with Gasteiger partial charge in [0.2, 0.25) is 5.91 Å². The van der Waals surface area contributed by atoms with E-state index in [0.29, 0.717) is 12.8 Å². The number of hydrogen-bond acceptors (Lipinski definition) is 4. The Balaban J connectivity index is 1.40. The molecule has 0 bridgehead atoms. The fourth-order valence-corrected chi connectivity index (χ4v) is 4.04. The molecule has 0 spiro atoms. The first-order valence-electron chi connectivity index (χ1n) is 10.2. The molecule has 1 aromatic heterocycles. The van der Waals surface area contributed by atoms with Crippen LogP contribution in [0.3, 0.4) is 0 Å². The molecule has 4 rings (SSSR count). The molecule has 0 unspecified atom stereocenters. The summed E-state index contributed by atoms with van der Waals surface area (Å²) in [4.78, 5) is 14.9. The minimum atomic E-state index is 0.0156. The van der Waals surface area contributed by atoms with Crippen LogP contribution in [-0.2, 0) is 24.2 Å². The molecule has 2 aromatic carbocycles. The van der Waals surface area contributed by atoms with Crippen molar-refractivity contribution in [3.05, 3.63) is 76.7 Å². The Labute approximate surface area is 171 Å². The number of rotatable bonds is 6. The first-order valence-corrected chi connectivity index (χ1v) is 10.2. The van der Waals surface area contributed by atoms with Gasteiger partial charge in [-0.05, 0) is 62.4 Å². The molecule has 3 aromatic rings. The lowest BCUT2D eigenvalue weighted by Gasteiger charge is -2.31. The van der Waals surface area contributed by atoms with E-state index >= 15 is 0 Å². The lowest BCUT2D eigenvalue weighted by atomic mass is 10.00. The molecule has 1 N–H and O–H groups in total.